The van der Waals surface area contributed by atoms with E-state index in [0.717, 1.165) is 37.9 Å². The molecule has 1 aromatic heterocycles. The number of aryl methyl sites for hydroxylation is 2. The van der Waals surface area contributed by atoms with Gasteiger partial charge in [0, 0.05) is 41.4 Å². The second kappa shape index (κ2) is 17.5. The molecule has 4 fully saturated rings. The van der Waals surface area contributed by atoms with Gasteiger partial charge in [0.2, 0.25) is 5.78 Å². The molecule has 2 aliphatic heterocycles. The molecule has 16 heteroatoms. The number of aliphatic hydroxyl groups is 2. The van der Waals surface area contributed by atoms with Crippen LogP contribution in [-0.4, -0.2) is 123 Å². The molecular weight excluding hydrogens is 845 g/mol. The third-order valence-corrected chi connectivity index (χ3v) is 16.9. The van der Waals surface area contributed by atoms with Gasteiger partial charge in [-0.1, -0.05) is 30.3 Å². The summed E-state index contributed by atoms with van der Waals surface area (Å²) in [5.74, 6) is 1.38. The van der Waals surface area contributed by atoms with Gasteiger partial charge in [-0.25, -0.2) is 9.48 Å². The Hall–Kier alpha value is -5.13. The summed E-state index contributed by atoms with van der Waals surface area (Å²) in [6.07, 6.45) is 6.09. The van der Waals surface area contributed by atoms with Gasteiger partial charge in [0.25, 0.3) is 0 Å². The third-order valence-electron chi connectivity index (χ3n) is 16.9. The topological polar surface area (TPSA) is 235 Å². The number of piperidine rings is 1. The number of primary amides is 1. The van der Waals surface area contributed by atoms with Crippen LogP contribution in [0.4, 0.5) is 4.79 Å². The van der Waals surface area contributed by atoms with Crippen molar-refractivity contribution in [2.24, 2.45) is 46.5 Å². The molecule has 3 aromatic rings. The second-order valence-corrected chi connectivity index (χ2v) is 20.0. The van der Waals surface area contributed by atoms with Gasteiger partial charge in [-0.3, -0.25) is 9.59 Å². The van der Waals surface area contributed by atoms with Crippen LogP contribution in [0, 0.1) is 35.0 Å². The van der Waals surface area contributed by atoms with Crippen molar-refractivity contribution in [3.63, 3.8) is 0 Å². The average Bonchev–Trinajstić information content (AvgIpc) is 3.70. The fourth-order valence-corrected chi connectivity index (χ4v) is 13.7. The quantitative estimate of drug-likeness (QED) is 0.0961. The fourth-order valence-electron chi connectivity index (χ4n) is 13.7. The Labute approximate surface area is 384 Å². The van der Waals surface area contributed by atoms with Crippen molar-refractivity contribution in [1.82, 2.24) is 19.9 Å². The molecular formula is C50H62N6O10. The Morgan fingerprint density at radius 3 is 2.52 bits per heavy atom. The third kappa shape index (κ3) is 7.43. The molecule has 7 aliphatic rings. The Morgan fingerprint density at radius 2 is 1.74 bits per heavy atom. The molecule has 2 aromatic carbocycles. The standard InChI is InChI=1S/C50H62N6O10/c1-27-33(47(61)42-39(25-66-48(52)62)50(26-57)43-37(44(43)51)24-56(50)45(42)46(27)60)11-6-30-23-55(54-53-30)15-16-63-17-18-64-19-20-65-32-8-3-28(4-9-32)36-22-49(2)38(13-14-40(49)59)35-10-5-29-21-31(58)7-12-34(29)41(35)36/h3-4,7-9,12,21,23,35-41,43-44,57-59H,5-6,10-11,13-20,22,24-26,51H2,1-2H3,(H2,52,62)/t35?,36-,37+,38?,39-,40+,41?,43-,44?,49+,50+/m1/s1. The average molecular weight is 907 g/mol. The number of aromatic hydroxyl groups is 1. The Balaban J connectivity index is 0.660. The maximum Gasteiger partial charge on any atom is 0.404 e. The zero-order valence-corrected chi connectivity index (χ0v) is 37.8. The number of amides is 1. The number of ketones is 2. The van der Waals surface area contributed by atoms with Crippen molar-refractivity contribution < 1.29 is 48.7 Å². The Kier molecular flexibility index (Phi) is 11.9. The molecule has 3 heterocycles. The minimum atomic E-state index is -1.01. The number of phenols is 1. The molecule has 4 unspecified atom stereocenters. The number of phenolic OH excluding ortho intramolecular Hbond substituents is 1. The number of ether oxygens (including phenoxy) is 4. The fraction of sp³-hybridized carbons (Fsp3) is 0.580. The first-order valence-electron chi connectivity index (χ1n) is 23.7. The van der Waals surface area contributed by atoms with Crippen molar-refractivity contribution in [2.75, 3.05) is 52.8 Å². The van der Waals surface area contributed by atoms with Crippen LogP contribution in [0.3, 0.4) is 0 Å². The highest BCUT2D eigenvalue weighted by Gasteiger charge is 2.74. The van der Waals surface area contributed by atoms with E-state index in [1.165, 1.54) is 16.7 Å². The first kappa shape index (κ1) is 44.7. The Morgan fingerprint density at radius 1 is 0.970 bits per heavy atom. The van der Waals surface area contributed by atoms with E-state index in [9.17, 15) is 29.7 Å². The summed E-state index contributed by atoms with van der Waals surface area (Å²) in [4.78, 5) is 41.6. The summed E-state index contributed by atoms with van der Waals surface area (Å²) in [5, 5.41) is 40.7. The van der Waals surface area contributed by atoms with Crippen LogP contribution in [0.2, 0.25) is 0 Å². The molecule has 3 saturated carbocycles. The molecule has 10 rings (SSSR count). The molecule has 1 saturated heterocycles. The van der Waals surface area contributed by atoms with Gasteiger partial charge in [0.1, 0.15) is 24.7 Å². The largest absolute Gasteiger partial charge is 0.508 e. The lowest BCUT2D eigenvalue weighted by Gasteiger charge is -2.54. The number of Topliss-reactive ketones (excluding diaryl/α,β-unsaturated/α-hetero) is 2. The van der Waals surface area contributed by atoms with E-state index in [4.69, 9.17) is 30.4 Å². The van der Waals surface area contributed by atoms with Crippen LogP contribution < -0.4 is 16.2 Å². The predicted octanol–water partition coefficient (Wildman–Crippen LogP) is 3.71. The summed E-state index contributed by atoms with van der Waals surface area (Å²) < 4.78 is 24.5. The normalized spacial score (nSPS) is 32.7. The zero-order chi connectivity index (χ0) is 46.1. The first-order valence-corrected chi connectivity index (χ1v) is 23.7. The number of allylic oxidation sites excluding steroid dienone is 2. The van der Waals surface area contributed by atoms with E-state index < -0.39 is 17.6 Å². The maximum absolute atomic E-state index is 14.2. The van der Waals surface area contributed by atoms with Crippen LogP contribution in [0.5, 0.6) is 11.5 Å². The van der Waals surface area contributed by atoms with Crippen LogP contribution in [-0.2, 0) is 43.2 Å². The summed E-state index contributed by atoms with van der Waals surface area (Å²) >= 11 is 0. The number of fused-ring (bicyclic) bond motifs is 9. The van der Waals surface area contributed by atoms with Gasteiger partial charge >= 0.3 is 6.09 Å². The number of rotatable bonds is 17. The highest BCUT2D eigenvalue weighted by atomic mass is 16.5. The van der Waals surface area contributed by atoms with E-state index >= 15 is 0 Å². The minimum absolute atomic E-state index is 0.0806. The number of nitrogens with zero attached hydrogens (tertiary/aromatic N) is 4. The number of nitrogens with two attached hydrogens (primary N) is 2. The number of hydrogen-bond acceptors (Lipinski definition) is 14. The molecule has 5 aliphatic carbocycles. The highest BCUT2D eigenvalue weighted by molar-refractivity contribution is 6.25. The number of aliphatic hydroxyl groups excluding tert-OH is 2. The number of carbonyl (C=O) groups is 3. The SMILES string of the molecule is CC1=C(CCc2cn(CCOCCOCCOc3ccc([C@H]4C[C@@]5(C)C(CC[C@@H]5O)C5CCc6cc(O)ccc6C54)cc3)nn2)C(=O)C2=C(C1=O)N1C[C@@H]3C(N)[C@@H]3[C@]1(CO)[C@@H]2COC(N)=O. The molecule has 1 amide bonds. The van der Waals surface area contributed by atoms with Gasteiger partial charge < -0.3 is 50.6 Å². The molecule has 7 N–H and O–H groups in total. The van der Waals surface area contributed by atoms with Gasteiger partial charge in [0.05, 0.1) is 68.5 Å². The lowest BCUT2D eigenvalue weighted by Crippen LogP contribution is -2.55. The summed E-state index contributed by atoms with van der Waals surface area (Å²) in [5.41, 5.74) is 16.4. The van der Waals surface area contributed by atoms with E-state index in [1.54, 1.807) is 17.8 Å². The van der Waals surface area contributed by atoms with Crippen molar-refractivity contribution in [2.45, 2.75) is 94.9 Å². The van der Waals surface area contributed by atoms with Gasteiger partial charge in [-0.2, -0.15) is 0 Å². The van der Waals surface area contributed by atoms with Crippen LogP contribution in [0.25, 0.3) is 0 Å². The molecule has 66 heavy (non-hydrogen) atoms. The van der Waals surface area contributed by atoms with Crippen LogP contribution in [0.15, 0.2) is 71.1 Å². The highest BCUT2D eigenvalue weighted by Crippen LogP contribution is 2.66. The van der Waals surface area contributed by atoms with Gasteiger partial charge in [0.15, 0.2) is 5.78 Å². The molecule has 0 radical (unpaired) electrons. The van der Waals surface area contributed by atoms with E-state index in [2.05, 4.69) is 35.4 Å². The molecule has 352 valence electrons. The van der Waals surface area contributed by atoms with Crippen molar-refractivity contribution >= 4 is 17.7 Å². The second-order valence-electron chi connectivity index (χ2n) is 20.0. The Bertz CT molecular complexity index is 2450. The van der Waals surface area contributed by atoms with Crippen molar-refractivity contribution in [3.8, 4) is 11.5 Å². The van der Waals surface area contributed by atoms with Crippen LogP contribution in [0.1, 0.15) is 80.2 Å². The number of hydrogen-bond donors (Lipinski definition) is 5. The van der Waals surface area contributed by atoms with Gasteiger partial charge in [-0.15, -0.1) is 5.10 Å². The lowest BCUT2D eigenvalue weighted by molar-refractivity contribution is -0.117. The van der Waals surface area contributed by atoms with Crippen molar-refractivity contribution in [3.05, 3.63) is 93.5 Å². The predicted molar refractivity (Wildman–Crippen MR) is 239 cm³/mol. The monoisotopic (exact) mass is 906 g/mol. The molecule has 11 atom stereocenters. The minimum Gasteiger partial charge on any atom is -0.508 e. The van der Waals surface area contributed by atoms with Crippen molar-refractivity contribution in [1.29, 1.82) is 0 Å². The first-order chi connectivity index (χ1) is 31.8. The van der Waals surface area contributed by atoms with Gasteiger partial charge in [-0.05, 0) is 128 Å². The summed E-state index contributed by atoms with van der Waals surface area (Å²) in [6.45, 7) is 6.29. The van der Waals surface area contributed by atoms with E-state index in [-0.39, 0.29) is 77.8 Å². The molecule has 0 bridgehead atoms. The zero-order valence-electron chi connectivity index (χ0n) is 37.8. The lowest BCUT2D eigenvalue weighted by atomic mass is 9.51. The maximum atomic E-state index is 14.2. The summed E-state index contributed by atoms with van der Waals surface area (Å²) in [7, 11) is 0. The number of benzene rings is 2. The number of aromatic nitrogens is 3. The molecule has 0 spiro atoms. The smallest absolute Gasteiger partial charge is 0.404 e. The van der Waals surface area contributed by atoms with E-state index in [0.29, 0.717) is 92.9 Å². The summed E-state index contributed by atoms with van der Waals surface area (Å²) in [6, 6.07) is 14.2. The molecule has 16 nitrogen and oxygen atoms in total. The van der Waals surface area contributed by atoms with Crippen LogP contribution >= 0.6 is 0 Å². The van der Waals surface area contributed by atoms with E-state index in [1.807, 2.05) is 29.2 Å². The number of carbonyl (C=O) groups excluding carboxylic acids is 3.